The van der Waals surface area contributed by atoms with E-state index >= 15 is 0 Å². The minimum atomic E-state index is 0.152. The van der Waals surface area contributed by atoms with Crippen LogP contribution in [0.1, 0.15) is 6.92 Å². The Morgan fingerprint density at radius 2 is 2.19 bits per heavy atom. The molecule has 3 aromatic rings. The third kappa shape index (κ3) is 3.08. The summed E-state index contributed by atoms with van der Waals surface area (Å²) in [7, 11) is 0. The molecule has 0 bridgehead atoms. The molecule has 21 heavy (non-hydrogen) atoms. The summed E-state index contributed by atoms with van der Waals surface area (Å²) in [5.74, 6) is 1.25. The topological polar surface area (TPSA) is 104 Å². The van der Waals surface area contributed by atoms with Crippen LogP contribution >= 0.6 is 0 Å². The maximum atomic E-state index is 5.58. The standard InChI is InChI=1S/C12H12N8O/c1-2-15-10-17-11(20-8-14-7-16-20)19-12(18-10)21-9-4-3-5-13-6-9/h3-8H,2H2,1H3,(H,15,17,18,19). The third-order valence-corrected chi connectivity index (χ3v) is 2.41. The summed E-state index contributed by atoms with van der Waals surface area (Å²) in [6, 6.07) is 3.68. The molecule has 0 saturated carbocycles. The van der Waals surface area contributed by atoms with Crippen LogP contribution in [0.5, 0.6) is 11.8 Å². The van der Waals surface area contributed by atoms with E-state index < -0.39 is 0 Å². The Morgan fingerprint density at radius 3 is 2.90 bits per heavy atom. The van der Waals surface area contributed by atoms with Gasteiger partial charge in [0.15, 0.2) is 0 Å². The van der Waals surface area contributed by atoms with Crippen LogP contribution in [0, 0.1) is 0 Å². The zero-order valence-electron chi connectivity index (χ0n) is 11.2. The summed E-state index contributed by atoms with van der Waals surface area (Å²) < 4.78 is 7.01. The van der Waals surface area contributed by atoms with Gasteiger partial charge in [0.1, 0.15) is 18.4 Å². The molecule has 0 atom stereocenters. The highest BCUT2D eigenvalue weighted by molar-refractivity contribution is 5.31. The number of nitrogens with zero attached hydrogens (tertiary/aromatic N) is 7. The van der Waals surface area contributed by atoms with E-state index in [0.717, 1.165) is 0 Å². The van der Waals surface area contributed by atoms with Crippen LogP contribution < -0.4 is 10.1 Å². The van der Waals surface area contributed by atoms with Gasteiger partial charge >= 0.3 is 6.01 Å². The molecule has 0 fully saturated rings. The number of pyridine rings is 1. The predicted molar refractivity (Wildman–Crippen MR) is 73.2 cm³/mol. The smallest absolute Gasteiger partial charge is 0.328 e. The first-order valence-corrected chi connectivity index (χ1v) is 6.28. The average Bonchev–Trinajstić information content (AvgIpc) is 3.03. The fourth-order valence-corrected chi connectivity index (χ4v) is 1.56. The molecule has 0 unspecified atom stereocenters. The van der Waals surface area contributed by atoms with Crippen molar-refractivity contribution >= 4 is 5.95 Å². The Bertz CT molecular complexity index is 701. The summed E-state index contributed by atoms with van der Waals surface area (Å²) >= 11 is 0. The van der Waals surface area contributed by atoms with Gasteiger partial charge in [-0.3, -0.25) is 4.98 Å². The number of rotatable bonds is 5. The van der Waals surface area contributed by atoms with Gasteiger partial charge < -0.3 is 10.1 Å². The van der Waals surface area contributed by atoms with Crippen molar-refractivity contribution in [1.82, 2.24) is 34.7 Å². The summed E-state index contributed by atoms with van der Waals surface area (Å²) in [6.45, 7) is 2.62. The molecule has 0 aromatic carbocycles. The lowest BCUT2D eigenvalue weighted by Crippen LogP contribution is -2.10. The van der Waals surface area contributed by atoms with Gasteiger partial charge in [0, 0.05) is 12.7 Å². The second-order valence-corrected chi connectivity index (χ2v) is 3.90. The number of hydrogen-bond donors (Lipinski definition) is 1. The Balaban J connectivity index is 1.95. The van der Waals surface area contributed by atoms with E-state index in [1.807, 2.05) is 6.92 Å². The number of nitrogens with one attached hydrogen (secondary N) is 1. The number of aromatic nitrogens is 7. The molecule has 0 radical (unpaired) electrons. The maximum Gasteiger partial charge on any atom is 0.328 e. The van der Waals surface area contributed by atoms with E-state index in [2.05, 4.69) is 35.3 Å². The maximum absolute atomic E-state index is 5.58. The number of ether oxygens (including phenoxy) is 1. The first kappa shape index (κ1) is 12.9. The van der Waals surface area contributed by atoms with Crippen molar-refractivity contribution in [2.45, 2.75) is 6.92 Å². The van der Waals surface area contributed by atoms with Crippen molar-refractivity contribution in [1.29, 1.82) is 0 Å². The Labute approximate surface area is 120 Å². The predicted octanol–water partition coefficient (Wildman–Crippen LogP) is 1.07. The molecule has 0 saturated heterocycles. The van der Waals surface area contributed by atoms with Gasteiger partial charge in [-0.15, -0.1) is 0 Å². The molecule has 1 N–H and O–H groups in total. The minimum Gasteiger partial charge on any atom is -0.422 e. The lowest BCUT2D eigenvalue weighted by Gasteiger charge is -2.07. The summed E-state index contributed by atoms with van der Waals surface area (Å²) in [5.41, 5.74) is 0. The zero-order chi connectivity index (χ0) is 14.5. The van der Waals surface area contributed by atoms with Crippen LogP contribution in [0.25, 0.3) is 5.95 Å². The van der Waals surface area contributed by atoms with E-state index in [0.29, 0.717) is 24.2 Å². The van der Waals surface area contributed by atoms with Crippen molar-refractivity contribution in [2.75, 3.05) is 11.9 Å². The second-order valence-electron chi connectivity index (χ2n) is 3.90. The molecule has 3 heterocycles. The van der Waals surface area contributed by atoms with Gasteiger partial charge in [0.05, 0.1) is 6.20 Å². The van der Waals surface area contributed by atoms with Gasteiger partial charge in [-0.2, -0.15) is 24.7 Å². The van der Waals surface area contributed by atoms with E-state index in [4.69, 9.17) is 4.74 Å². The first-order valence-electron chi connectivity index (χ1n) is 6.28. The zero-order valence-corrected chi connectivity index (χ0v) is 11.2. The average molecular weight is 284 g/mol. The molecule has 0 spiro atoms. The fourth-order valence-electron chi connectivity index (χ4n) is 1.56. The molecule has 3 aromatic heterocycles. The minimum absolute atomic E-state index is 0.152. The molecule has 9 nitrogen and oxygen atoms in total. The second kappa shape index (κ2) is 5.90. The first-order chi connectivity index (χ1) is 10.3. The highest BCUT2D eigenvalue weighted by Crippen LogP contribution is 2.17. The van der Waals surface area contributed by atoms with Crippen molar-refractivity contribution in [3.8, 4) is 17.7 Å². The Morgan fingerprint density at radius 1 is 1.24 bits per heavy atom. The molecule has 3 rings (SSSR count). The lowest BCUT2D eigenvalue weighted by molar-refractivity contribution is 0.436. The highest BCUT2D eigenvalue weighted by atomic mass is 16.5. The molecule has 0 aliphatic rings. The van der Waals surface area contributed by atoms with Crippen molar-refractivity contribution in [3.05, 3.63) is 37.2 Å². The summed E-state index contributed by atoms with van der Waals surface area (Å²) in [6.07, 6.45) is 6.13. The van der Waals surface area contributed by atoms with Gasteiger partial charge in [0.25, 0.3) is 5.95 Å². The molecule has 0 aliphatic carbocycles. The van der Waals surface area contributed by atoms with Crippen molar-refractivity contribution < 1.29 is 4.74 Å². The van der Waals surface area contributed by atoms with Crippen LogP contribution in [0.3, 0.4) is 0 Å². The summed E-state index contributed by atoms with van der Waals surface area (Å²) in [5, 5.41) is 7.01. The molecule has 106 valence electrons. The molecular weight excluding hydrogens is 272 g/mol. The van der Waals surface area contributed by atoms with Crippen LogP contribution in [0.2, 0.25) is 0 Å². The normalized spacial score (nSPS) is 10.3. The molecule has 9 heteroatoms. The largest absolute Gasteiger partial charge is 0.422 e. The van der Waals surface area contributed by atoms with Gasteiger partial charge in [-0.1, -0.05) is 0 Å². The van der Waals surface area contributed by atoms with Crippen LogP contribution in [0.4, 0.5) is 5.95 Å². The van der Waals surface area contributed by atoms with Crippen molar-refractivity contribution in [2.24, 2.45) is 0 Å². The van der Waals surface area contributed by atoms with Gasteiger partial charge in [-0.05, 0) is 19.1 Å². The van der Waals surface area contributed by atoms with Gasteiger partial charge in [-0.25, -0.2) is 4.98 Å². The van der Waals surface area contributed by atoms with Gasteiger partial charge in [0.2, 0.25) is 5.95 Å². The SMILES string of the molecule is CCNc1nc(Oc2cccnc2)nc(-n2cncn2)n1. The Hall–Kier alpha value is -3.10. The monoisotopic (exact) mass is 284 g/mol. The van der Waals surface area contributed by atoms with Crippen LogP contribution in [0.15, 0.2) is 37.2 Å². The molecular formula is C12H12N8O. The van der Waals surface area contributed by atoms with Crippen molar-refractivity contribution in [3.63, 3.8) is 0 Å². The van der Waals surface area contributed by atoms with E-state index in [1.54, 1.807) is 24.5 Å². The number of anilines is 1. The van der Waals surface area contributed by atoms with E-state index in [9.17, 15) is 0 Å². The number of hydrogen-bond acceptors (Lipinski definition) is 8. The highest BCUT2D eigenvalue weighted by Gasteiger charge is 2.10. The molecule has 0 aliphatic heterocycles. The van der Waals surface area contributed by atoms with Crippen LogP contribution in [-0.2, 0) is 0 Å². The Kier molecular flexibility index (Phi) is 3.63. The van der Waals surface area contributed by atoms with E-state index in [-0.39, 0.29) is 6.01 Å². The van der Waals surface area contributed by atoms with Crippen LogP contribution in [-0.4, -0.2) is 41.2 Å². The summed E-state index contributed by atoms with van der Waals surface area (Å²) in [4.78, 5) is 20.5. The third-order valence-electron chi connectivity index (χ3n) is 2.41. The van der Waals surface area contributed by atoms with E-state index in [1.165, 1.54) is 17.3 Å². The lowest BCUT2D eigenvalue weighted by atomic mass is 10.5. The quantitative estimate of drug-likeness (QED) is 0.742. The molecule has 0 amide bonds. The fraction of sp³-hybridized carbons (Fsp3) is 0.167.